The van der Waals surface area contributed by atoms with Crippen LogP contribution in [0.1, 0.15) is 37.2 Å². The van der Waals surface area contributed by atoms with Crippen molar-refractivity contribution >= 4 is 0 Å². The van der Waals surface area contributed by atoms with Gasteiger partial charge in [0.2, 0.25) is 0 Å². The van der Waals surface area contributed by atoms with E-state index in [0.29, 0.717) is 6.04 Å². The van der Waals surface area contributed by atoms with Crippen molar-refractivity contribution in [2.75, 3.05) is 19.7 Å². The van der Waals surface area contributed by atoms with Crippen molar-refractivity contribution < 1.29 is 5.11 Å². The monoisotopic (exact) mass is 258 g/mol. The number of hydrogen-bond donors (Lipinski definition) is 1. The van der Waals surface area contributed by atoms with Crippen LogP contribution >= 0.6 is 0 Å². The van der Waals surface area contributed by atoms with Crippen LogP contribution in [0.2, 0.25) is 0 Å². The van der Waals surface area contributed by atoms with Crippen LogP contribution in [0.15, 0.2) is 30.3 Å². The number of benzene rings is 1. The van der Waals surface area contributed by atoms with Gasteiger partial charge in [0, 0.05) is 25.7 Å². The summed E-state index contributed by atoms with van der Waals surface area (Å²) < 4.78 is 0. The summed E-state index contributed by atoms with van der Waals surface area (Å²) in [6, 6.07) is 13.0. The lowest BCUT2D eigenvalue weighted by Crippen LogP contribution is -2.43. The number of rotatable bonds is 7. The van der Waals surface area contributed by atoms with Crippen molar-refractivity contribution in [1.82, 2.24) is 4.90 Å². The fourth-order valence-electron chi connectivity index (χ4n) is 2.59. The maximum absolute atomic E-state index is 9.40. The predicted octanol–water partition coefficient (Wildman–Crippen LogP) is 2.53. The molecule has 1 fully saturated rings. The van der Waals surface area contributed by atoms with Crippen molar-refractivity contribution in [1.29, 1.82) is 5.26 Å². The summed E-state index contributed by atoms with van der Waals surface area (Å²) in [6.45, 7) is 1.91. The number of hydrogen-bond acceptors (Lipinski definition) is 3. The van der Waals surface area contributed by atoms with E-state index in [2.05, 4.69) is 11.0 Å². The number of nitriles is 1. The summed E-state index contributed by atoms with van der Waals surface area (Å²) in [5.41, 5.74) is 1.10. The first-order valence-electron chi connectivity index (χ1n) is 7.14. The molecule has 1 aromatic carbocycles. The maximum Gasteiger partial charge on any atom is 0.0839 e. The molecule has 0 spiro atoms. The van der Waals surface area contributed by atoms with Crippen LogP contribution in [-0.2, 0) is 0 Å². The number of aliphatic hydroxyl groups is 1. The molecule has 3 nitrogen and oxygen atoms in total. The van der Waals surface area contributed by atoms with Gasteiger partial charge in [-0.15, -0.1) is 0 Å². The first-order valence-corrected chi connectivity index (χ1v) is 7.14. The van der Waals surface area contributed by atoms with E-state index in [1.54, 1.807) is 0 Å². The third kappa shape index (κ3) is 3.79. The molecule has 0 saturated heterocycles. The molecule has 1 unspecified atom stereocenters. The highest BCUT2D eigenvalue weighted by Crippen LogP contribution is 2.27. The molecule has 1 N–H and O–H groups in total. The molecule has 0 amide bonds. The molecule has 0 aromatic heterocycles. The van der Waals surface area contributed by atoms with Gasteiger partial charge in [-0.25, -0.2) is 0 Å². The van der Waals surface area contributed by atoms with E-state index in [-0.39, 0.29) is 12.5 Å². The number of nitrogens with zero attached hydrogens (tertiary/aromatic N) is 2. The first-order chi connectivity index (χ1) is 9.35. The van der Waals surface area contributed by atoms with Gasteiger partial charge in [0.15, 0.2) is 0 Å². The van der Waals surface area contributed by atoms with E-state index in [1.165, 1.54) is 19.3 Å². The van der Waals surface area contributed by atoms with E-state index >= 15 is 0 Å². The van der Waals surface area contributed by atoms with Crippen LogP contribution in [0.3, 0.4) is 0 Å². The summed E-state index contributed by atoms with van der Waals surface area (Å²) in [6.07, 6.45) is 4.56. The standard InChI is InChI=1S/C16H22N2O/c17-12-15(14-6-2-1-3-7-14)13-18(10-5-11-19)16-8-4-9-16/h1-3,6-7,15-16,19H,4-5,8-11,13H2. The lowest BCUT2D eigenvalue weighted by molar-refractivity contribution is 0.114. The summed E-state index contributed by atoms with van der Waals surface area (Å²) in [7, 11) is 0. The molecule has 1 atom stereocenters. The molecule has 1 aromatic rings. The van der Waals surface area contributed by atoms with Gasteiger partial charge in [-0.3, -0.25) is 4.90 Å². The zero-order valence-electron chi connectivity index (χ0n) is 11.3. The normalized spacial score (nSPS) is 16.9. The zero-order chi connectivity index (χ0) is 13.5. The molecule has 0 radical (unpaired) electrons. The Morgan fingerprint density at radius 1 is 1.32 bits per heavy atom. The van der Waals surface area contributed by atoms with Gasteiger partial charge in [0.05, 0.1) is 12.0 Å². The summed E-state index contributed by atoms with van der Waals surface area (Å²) in [5.74, 6) is -0.0690. The SMILES string of the molecule is N#CC(CN(CCCO)C1CCC1)c1ccccc1. The summed E-state index contributed by atoms with van der Waals surface area (Å²) in [4.78, 5) is 2.39. The van der Waals surface area contributed by atoms with Crippen molar-refractivity contribution in [2.45, 2.75) is 37.6 Å². The highest BCUT2D eigenvalue weighted by molar-refractivity contribution is 5.25. The van der Waals surface area contributed by atoms with Crippen LogP contribution in [-0.4, -0.2) is 35.7 Å². The summed E-state index contributed by atoms with van der Waals surface area (Å²) >= 11 is 0. The van der Waals surface area contributed by atoms with Crippen LogP contribution in [0.4, 0.5) is 0 Å². The fourth-order valence-corrected chi connectivity index (χ4v) is 2.59. The molecule has 102 valence electrons. The molecule has 0 heterocycles. The Morgan fingerprint density at radius 3 is 2.58 bits per heavy atom. The molecule has 1 aliphatic carbocycles. The quantitative estimate of drug-likeness (QED) is 0.817. The summed E-state index contributed by atoms with van der Waals surface area (Å²) in [5, 5.41) is 18.4. The Labute approximate surface area is 115 Å². The van der Waals surface area contributed by atoms with E-state index < -0.39 is 0 Å². The lowest BCUT2D eigenvalue weighted by atomic mass is 9.89. The Kier molecular flexibility index (Phi) is 5.38. The molecule has 3 heteroatoms. The number of aliphatic hydroxyl groups excluding tert-OH is 1. The smallest absolute Gasteiger partial charge is 0.0839 e. The Morgan fingerprint density at radius 2 is 2.05 bits per heavy atom. The van der Waals surface area contributed by atoms with E-state index in [1.807, 2.05) is 30.3 Å². The van der Waals surface area contributed by atoms with Crippen LogP contribution < -0.4 is 0 Å². The third-order valence-corrected chi connectivity index (χ3v) is 3.97. The van der Waals surface area contributed by atoms with E-state index in [4.69, 9.17) is 5.11 Å². The van der Waals surface area contributed by atoms with E-state index in [0.717, 1.165) is 25.1 Å². The molecular weight excluding hydrogens is 236 g/mol. The topological polar surface area (TPSA) is 47.3 Å². The molecular formula is C16H22N2O. The zero-order valence-corrected chi connectivity index (χ0v) is 11.3. The van der Waals surface area contributed by atoms with Gasteiger partial charge >= 0.3 is 0 Å². The van der Waals surface area contributed by atoms with Gasteiger partial charge in [0.1, 0.15) is 0 Å². The minimum absolute atomic E-state index is 0.0690. The minimum atomic E-state index is -0.0690. The largest absolute Gasteiger partial charge is 0.396 e. The minimum Gasteiger partial charge on any atom is -0.396 e. The van der Waals surface area contributed by atoms with Crippen molar-refractivity contribution in [3.05, 3.63) is 35.9 Å². The Bertz CT molecular complexity index is 409. The average Bonchev–Trinajstić information content (AvgIpc) is 2.40. The van der Waals surface area contributed by atoms with Gasteiger partial charge in [-0.1, -0.05) is 36.8 Å². The lowest BCUT2D eigenvalue weighted by Gasteiger charge is -2.38. The van der Waals surface area contributed by atoms with E-state index in [9.17, 15) is 5.26 Å². The second kappa shape index (κ2) is 7.28. The van der Waals surface area contributed by atoms with Crippen molar-refractivity contribution in [3.63, 3.8) is 0 Å². The van der Waals surface area contributed by atoms with Gasteiger partial charge in [0.25, 0.3) is 0 Å². The Hall–Kier alpha value is -1.37. The maximum atomic E-state index is 9.40. The molecule has 2 rings (SSSR count). The third-order valence-electron chi connectivity index (χ3n) is 3.97. The van der Waals surface area contributed by atoms with Gasteiger partial charge < -0.3 is 5.11 Å². The molecule has 19 heavy (non-hydrogen) atoms. The van der Waals surface area contributed by atoms with Crippen molar-refractivity contribution in [2.24, 2.45) is 0 Å². The van der Waals surface area contributed by atoms with Gasteiger partial charge in [-0.05, 0) is 24.8 Å². The highest BCUT2D eigenvalue weighted by atomic mass is 16.3. The molecule has 0 aliphatic heterocycles. The van der Waals surface area contributed by atoms with Crippen molar-refractivity contribution in [3.8, 4) is 6.07 Å². The van der Waals surface area contributed by atoms with Crippen LogP contribution in [0, 0.1) is 11.3 Å². The molecule has 1 saturated carbocycles. The van der Waals surface area contributed by atoms with Crippen LogP contribution in [0.5, 0.6) is 0 Å². The highest BCUT2D eigenvalue weighted by Gasteiger charge is 2.27. The second-order valence-corrected chi connectivity index (χ2v) is 5.25. The molecule has 0 bridgehead atoms. The first kappa shape index (κ1) is 14.0. The Balaban J connectivity index is 1.99. The van der Waals surface area contributed by atoms with Crippen LogP contribution in [0.25, 0.3) is 0 Å². The average molecular weight is 258 g/mol. The second-order valence-electron chi connectivity index (χ2n) is 5.25. The predicted molar refractivity (Wildman–Crippen MR) is 75.7 cm³/mol. The fraction of sp³-hybridized carbons (Fsp3) is 0.562. The van der Waals surface area contributed by atoms with Gasteiger partial charge in [-0.2, -0.15) is 5.26 Å². The molecule has 1 aliphatic rings.